The minimum Gasteiger partial charge on any atom is -0.299 e. The van der Waals surface area contributed by atoms with E-state index in [1.165, 1.54) is 129 Å². The Labute approximate surface area is 171 Å². The number of hydrogen-bond acceptors (Lipinski definition) is 2. The van der Waals surface area contributed by atoms with Crippen molar-refractivity contribution in [1.82, 2.24) is 10.2 Å². The van der Waals surface area contributed by atoms with Crippen molar-refractivity contribution < 1.29 is 0 Å². The van der Waals surface area contributed by atoms with Gasteiger partial charge in [-0.1, -0.05) is 97.3 Å². The molecule has 3 saturated heterocycles. The third-order valence-electron chi connectivity index (χ3n) is 7.12. The molecule has 3 aliphatic rings. The molecule has 2 bridgehead atoms. The third-order valence-corrected chi connectivity index (χ3v) is 7.12. The highest BCUT2D eigenvalue weighted by Gasteiger charge is 2.34. The summed E-state index contributed by atoms with van der Waals surface area (Å²) in [5.74, 6) is 1.02. The smallest absolute Gasteiger partial charge is 0.0601 e. The van der Waals surface area contributed by atoms with E-state index in [1.54, 1.807) is 0 Å². The molecule has 3 heterocycles. The SMILES string of the molecule is CCCCCCCCCCCCCCC(CCC)NC1CC2CCN1CC2. The molecule has 0 aromatic carbocycles. The second-order valence-electron chi connectivity index (χ2n) is 9.56. The maximum absolute atomic E-state index is 4.05. The van der Waals surface area contributed by atoms with Crippen molar-refractivity contribution >= 4 is 0 Å². The van der Waals surface area contributed by atoms with Gasteiger partial charge in [0, 0.05) is 6.04 Å². The minimum absolute atomic E-state index is 0.700. The van der Waals surface area contributed by atoms with Crippen molar-refractivity contribution in [3.05, 3.63) is 0 Å². The van der Waals surface area contributed by atoms with Gasteiger partial charge in [-0.3, -0.25) is 10.2 Å². The molecule has 2 atom stereocenters. The van der Waals surface area contributed by atoms with E-state index in [0.717, 1.165) is 12.0 Å². The van der Waals surface area contributed by atoms with E-state index in [4.69, 9.17) is 0 Å². The molecule has 2 nitrogen and oxygen atoms in total. The summed E-state index contributed by atoms with van der Waals surface area (Å²) in [5.41, 5.74) is 0. The average molecular weight is 379 g/mol. The molecule has 3 aliphatic heterocycles. The summed E-state index contributed by atoms with van der Waals surface area (Å²) in [6.07, 6.45) is 26.6. The van der Waals surface area contributed by atoms with Crippen LogP contribution in [-0.2, 0) is 0 Å². The second kappa shape index (κ2) is 14.9. The molecule has 0 aromatic heterocycles. The van der Waals surface area contributed by atoms with Crippen LogP contribution in [0.4, 0.5) is 0 Å². The number of rotatable bonds is 17. The van der Waals surface area contributed by atoms with Crippen LogP contribution < -0.4 is 5.32 Å². The molecule has 2 unspecified atom stereocenters. The quantitative estimate of drug-likeness (QED) is 0.267. The van der Waals surface area contributed by atoms with Gasteiger partial charge in [0.25, 0.3) is 0 Å². The molecule has 27 heavy (non-hydrogen) atoms. The Balaban J connectivity index is 1.44. The molecular formula is C25H50N2. The molecule has 1 N–H and O–H groups in total. The Morgan fingerprint density at radius 3 is 1.74 bits per heavy atom. The normalized spacial score (nSPS) is 25.8. The molecule has 0 aliphatic carbocycles. The van der Waals surface area contributed by atoms with E-state index in [1.807, 2.05) is 0 Å². The van der Waals surface area contributed by atoms with Gasteiger partial charge < -0.3 is 0 Å². The van der Waals surface area contributed by atoms with Crippen LogP contribution in [0.2, 0.25) is 0 Å². The highest BCUT2D eigenvalue weighted by Crippen LogP contribution is 2.31. The van der Waals surface area contributed by atoms with Crippen LogP contribution in [0.5, 0.6) is 0 Å². The monoisotopic (exact) mass is 378 g/mol. The Morgan fingerprint density at radius 2 is 1.26 bits per heavy atom. The summed E-state index contributed by atoms with van der Waals surface area (Å²) in [6, 6.07) is 0.766. The molecule has 0 spiro atoms. The first-order chi connectivity index (χ1) is 13.3. The molecule has 160 valence electrons. The van der Waals surface area contributed by atoms with Crippen molar-refractivity contribution in [2.45, 2.75) is 142 Å². The van der Waals surface area contributed by atoms with Crippen LogP contribution >= 0.6 is 0 Å². The van der Waals surface area contributed by atoms with Crippen LogP contribution in [0.15, 0.2) is 0 Å². The zero-order chi connectivity index (χ0) is 19.2. The molecule has 2 heteroatoms. The van der Waals surface area contributed by atoms with Crippen LogP contribution in [0.3, 0.4) is 0 Å². The highest BCUT2D eigenvalue weighted by molar-refractivity contribution is 4.88. The number of unbranched alkanes of at least 4 members (excludes halogenated alkanes) is 11. The van der Waals surface area contributed by atoms with Crippen LogP contribution in [0.25, 0.3) is 0 Å². The van der Waals surface area contributed by atoms with Gasteiger partial charge in [-0.15, -0.1) is 0 Å². The maximum atomic E-state index is 4.05. The Morgan fingerprint density at radius 1 is 0.704 bits per heavy atom. The second-order valence-corrected chi connectivity index (χ2v) is 9.56. The summed E-state index contributed by atoms with van der Waals surface area (Å²) in [6.45, 7) is 7.35. The number of nitrogens with one attached hydrogen (secondary N) is 1. The average Bonchev–Trinajstić information content (AvgIpc) is 2.70. The largest absolute Gasteiger partial charge is 0.299 e. The summed E-state index contributed by atoms with van der Waals surface area (Å²) >= 11 is 0. The van der Waals surface area contributed by atoms with Crippen molar-refractivity contribution in [3.63, 3.8) is 0 Å². The molecule has 0 saturated carbocycles. The zero-order valence-corrected chi connectivity index (χ0v) is 18.8. The standard InChI is InChI=1S/C25H50N2/c1-3-5-6-7-8-9-10-11-12-13-14-15-17-24(16-4-2)26-25-22-23-18-20-27(25)21-19-23/h23-26H,3-22H2,1-2H3. The topological polar surface area (TPSA) is 15.3 Å². The first-order valence-electron chi connectivity index (χ1n) is 12.8. The summed E-state index contributed by atoms with van der Waals surface area (Å²) in [7, 11) is 0. The third kappa shape index (κ3) is 9.79. The van der Waals surface area contributed by atoms with Crippen molar-refractivity contribution in [3.8, 4) is 0 Å². The summed E-state index contributed by atoms with van der Waals surface area (Å²) in [4.78, 5) is 2.73. The van der Waals surface area contributed by atoms with Gasteiger partial charge in [-0.25, -0.2) is 0 Å². The van der Waals surface area contributed by atoms with E-state index in [0.29, 0.717) is 6.17 Å². The van der Waals surface area contributed by atoms with E-state index in [9.17, 15) is 0 Å². The molecular weight excluding hydrogens is 328 g/mol. The van der Waals surface area contributed by atoms with E-state index < -0.39 is 0 Å². The molecule has 0 amide bonds. The van der Waals surface area contributed by atoms with Crippen LogP contribution in [0.1, 0.15) is 129 Å². The lowest BCUT2D eigenvalue weighted by Crippen LogP contribution is -2.57. The molecule has 3 rings (SSSR count). The van der Waals surface area contributed by atoms with Crippen LogP contribution in [0, 0.1) is 5.92 Å². The van der Waals surface area contributed by atoms with Crippen molar-refractivity contribution in [2.75, 3.05) is 13.1 Å². The van der Waals surface area contributed by atoms with Gasteiger partial charge in [0.1, 0.15) is 0 Å². The van der Waals surface area contributed by atoms with Gasteiger partial charge in [0.15, 0.2) is 0 Å². The van der Waals surface area contributed by atoms with Gasteiger partial charge in [-0.2, -0.15) is 0 Å². The van der Waals surface area contributed by atoms with Gasteiger partial charge in [0.05, 0.1) is 6.17 Å². The minimum atomic E-state index is 0.700. The predicted octanol–water partition coefficient (Wildman–Crippen LogP) is 7.28. The lowest BCUT2D eigenvalue weighted by atomic mass is 9.86. The zero-order valence-electron chi connectivity index (χ0n) is 18.8. The number of fused-ring (bicyclic) bond motifs is 3. The Hall–Kier alpha value is -0.0800. The lowest BCUT2D eigenvalue weighted by Gasteiger charge is -2.47. The summed E-state index contributed by atoms with van der Waals surface area (Å²) in [5, 5.41) is 4.05. The fraction of sp³-hybridized carbons (Fsp3) is 1.00. The fourth-order valence-corrected chi connectivity index (χ4v) is 5.30. The van der Waals surface area contributed by atoms with Gasteiger partial charge >= 0.3 is 0 Å². The Kier molecular flexibility index (Phi) is 12.8. The maximum Gasteiger partial charge on any atom is 0.0601 e. The highest BCUT2D eigenvalue weighted by atomic mass is 15.3. The first-order valence-corrected chi connectivity index (χ1v) is 12.8. The van der Waals surface area contributed by atoms with Gasteiger partial charge in [-0.05, 0) is 51.1 Å². The van der Waals surface area contributed by atoms with E-state index in [2.05, 4.69) is 24.1 Å². The first kappa shape index (κ1) is 23.2. The molecule has 0 radical (unpaired) electrons. The van der Waals surface area contributed by atoms with Crippen molar-refractivity contribution in [1.29, 1.82) is 0 Å². The lowest BCUT2D eigenvalue weighted by molar-refractivity contribution is 0.0232. The van der Waals surface area contributed by atoms with E-state index in [-0.39, 0.29) is 0 Å². The predicted molar refractivity (Wildman–Crippen MR) is 120 cm³/mol. The van der Waals surface area contributed by atoms with E-state index >= 15 is 0 Å². The Bertz CT molecular complexity index is 335. The molecule has 0 aromatic rings. The van der Waals surface area contributed by atoms with Crippen molar-refractivity contribution in [2.24, 2.45) is 5.92 Å². The number of hydrogen-bond donors (Lipinski definition) is 1. The van der Waals surface area contributed by atoms with Gasteiger partial charge in [0.2, 0.25) is 0 Å². The fourth-order valence-electron chi connectivity index (χ4n) is 5.30. The number of nitrogens with zero attached hydrogens (tertiary/aromatic N) is 1. The van der Waals surface area contributed by atoms with Crippen LogP contribution in [-0.4, -0.2) is 30.2 Å². The number of piperidine rings is 3. The molecule has 3 fully saturated rings. The summed E-state index contributed by atoms with van der Waals surface area (Å²) < 4.78 is 0.